The maximum Gasteiger partial charge on any atom is 0.214 e. The molecule has 5 rings (SSSR count). The van der Waals surface area contributed by atoms with E-state index in [1.165, 1.54) is 0 Å². The number of aromatic amines is 1. The highest BCUT2D eigenvalue weighted by Crippen LogP contribution is 2.37. The van der Waals surface area contributed by atoms with Crippen molar-refractivity contribution in [2.75, 3.05) is 5.32 Å². The van der Waals surface area contributed by atoms with Crippen molar-refractivity contribution >= 4 is 17.4 Å². The van der Waals surface area contributed by atoms with Gasteiger partial charge in [0, 0.05) is 54.9 Å². The molecule has 28 heavy (non-hydrogen) atoms. The van der Waals surface area contributed by atoms with Crippen LogP contribution in [0.1, 0.15) is 24.5 Å². The first-order valence-corrected chi connectivity index (χ1v) is 9.06. The van der Waals surface area contributed by atoms with Crippen molar-refractivity contribution in [2.24, 2.45) is 7.05 Å². The van der Waals surface area contributed by atoms with Crippen LogP contribution in [0.5, 0.6) is 0 Å². The Bertz CT molecular complexity index is 1130. The van der Waals surface area contributed by atoms with E-state index in [4.69, 9.17) is 0 Å². The summed E-state index contributed by atoms with van der Waals surface area (Å²) in [6.45, 7) is 0. The predicted octanol–water partition coefficient (Wildman–Crippen LogP) is 2.17. The number of rotatable bonds is 4. The maximum atomic E-state index is 14.2. The summed E-state index contributed by atoms with van der Waals surface area (Å²) in [6, 6.07) is 3.64. The van der Waals surface area contributed by atoms with Gasteiger partial charge < -0.3 is 10.4 Å². The molecule has 1 aliphatic rings. The third kappa shape index (κ3) is 2.82. The Labute approximate surface area is 159 Å². The van der Waals surface area contributed by atoms with E-state index in [1.807, 2.05) is 23.7 Å². The summed E-state index contributed by atoms with van der Waals surface area (Å²) in [5.41, 5.74) is 3.00. The molecular formula is C18H19FN8O. The summed E-state index contributed by atoms with van der Waals surface area (Å²) in [4.78, 5) is 9.03. The molecule has 9 nitrogen and oxygen atoms in total. The van der Waals surface area contributed by atoms with Crippen LogP contribution in [0.3, 0.4) is 0 Å². The second kappa shape index (κ2) is 6.41. The van der Waals surface area contributed by atoms with E-state index in [-0.39, 0.29) is 5.92 Å². The molecule has 0 aliphatic heterocycles. The topological polar surface area (TPSA) is 109 Å². The van der Waals surface area contributed by atoms with Crippen molar-refractivity contribution in [2.45, 2.75) is 31.0 Å². The van der Waals surface area contributed by atoms with E-state index in [0.717, 1.165) is 16.9 Å². The number of hydrogen-bond acceptors (Lipinski definition) is 6. The van der Waals surface area contributed by atoms with Gasteiger partial charge in [-0.25, -0.2) is 14.4 Å². The molecule has 1 saturated carbocycles. The number of anilines is 2. The number of imidazole rings is 1. The lowest BCUT2D eigenvalue weighted by Crippen LogP contribution is -2.19. The average molecular weight is 382 g/mol. The number of halogens is 1. The second-order valence-corrected chi connectivity index (χ2v) is 7.05. The van der Waals surface area contributed by atoms with Gasteiger partial charge in [0.1, 0.15) is 11.8 Å². The Hall–Kier alpha value is -3.27. The molecule has 0 unspecified atom stereocenters. The standard InChI is InChI=1S/C18H19FN8O/c1-26-9-10(8-21-26)12-7-16-20-4-5-27(16)18(22-12)23-15-6-13(24-25-15)11-2-3-14(28)17(11)19/h4-9,11,14,17,28H,2-3H2,1H3,(H2,22,23,24,25)/t11-,14-,17+/m0/s1. The summed E-state index contributed by atoms with van der Waals surface area (Å²) in [5.74, 6) is 0.686. The molecule has 0 saturated heterocycles. The molecule has 3 atom stereocenters. The molecule has 4 heterocycles. The molecule has 4 aromatic rings. The molecule has 1 aliphatic carbocycles. The van der Waals surface area contributed by atoms with E-state index < -0.39 is 12.3 Å². The number of aliphatic hydroxyl groups is 1. The van der Waals surface area contributed by atoms with Crippen molar-refractivity contribution in [1.82, 2.24) is 34.3 Å². The highest BCUT2D eigenvalue weighted by Gasteiger charge is 2.37. The number of aliphatic hydroxyl groups excluding tert-OH is 1. The first kappa shape index (κ1) is 16.9. The van der Waals surface area contributed by atoms with Crippen LogP contribution in [0.4, 0.5) is 16.2 Å². The van der Waals surface area contributed by atoms with Crippen molar-refractivity contribution < 1.29 is 9.50 Å². The SMILES string of the molecule is Cn1cc(-c2cc3nccn3c(Nc3cc([C@@H]4CC[C@H](O)[C@@H]4F)[nH]n3)n2)cn1. The van der Waals surface area contributed by atoms with Crippen molar-refractivity contribution in [3.05, 3.63) is 42.6 Å². The van der Waals surface area contributed by atoms with E-state index in [2.05, 4.69) is 30.6 Å². The molecule has 10 heteroatoms. The number of aryl methyl sites for hydroxylation is 1. The van der Waals surface area contributed by atoms with Crippen LogP contribution in [-0.2, 0) is 7.05 Å². The number of fused-ring (bicyclic) bond motifs is 1. The molecular weight excluding hydrogens is 363 g/mol. The van der Waals surface area contributed by atoms with Crippen molar-refractivity contribution in [3.63, 3.8) is 0 Å². The lowest BCUT2D eigenvalue weighted by molar-refractivity contribution is 0.0959. The summed E-state index contributed by atoms with van der Waals surface area (Å²) in [7, 11) is 1.85. The molecule has 0 amide bonds. The fourth-order valence-electron chi connectivity index (χ4n) is 3.68. The van der Waals surface area contributed by atoms with Crippen molar-refractivity contribution in [3.8, 4) is 11.3 Å². The quantitative estimate of drug-likeness (QED) is 0.499. The molecule has 0 radical (unpaired) electrons. The van der Waals surface area contributed by atoms with E-state index in [1.54, 1.807) is 29.3 Å². The number of alkyl halides is 1. The van der Waals surface area contributed by atoms with Crippen LogP contribution in [0.15, 0.2) is 36.9 Å². The third-order valence-electron chi connectivity index (χ3n) is 5.15. The lowest BCUT2D eigenvalue weighted by Gasteiger charge is -2.11. The number of nitrogens with zero attached hydrogens (tertiary/aromatic N) is 6. The summed E-state index contributed by atoms with van der Waals surface area (Å²) in [5, 5.41) is 24.1. The van der Waals surface area contributed by atoms with Gasteiger partial charge in [0.25, 0.3) is 0 Å². The zero-order valence-electron chi connectivity index (χ0n) is 15.1. The predicted molar refractivity (Wildman–Crippen MR) is 99.9 cm³/mol. The number of aromatic nitrogens is 7. The maximum absolute atomic E-state index is 14.2. The van der Waals surface area contributed by atoms with Gasteiger partial charge in [0.2, 0.25) is 5.95 Å². The zero-order chi connectivity index (χ0) is 19.3. The van der Waals surface area contributed by atoms with E-state index >= 15 is 0 Å². The second-order valence-electron chi connectivity index (χ2n) is 7.05. The van der Waals surface area contributed by atoms with E-state index in [0.29, 0.717) is 30.3 Å². The zero-order valence-corrected chi connectivity index (χ0v) is 15.1. The monoisotopic (exact) mass is 382 g/mol. The van der Waals surface area contributed by atoms with Crippen molar-refractivity contribution in [1.29, 1.82) is 0 Å². The van der Waals surface area contributed by atoms with Crippen LogP contribution in [0, 0.1) is 0 Å². The van der Waals surface area contributed by atoms with Gasteiger partial charge in [-0.05, 0) is 12.8 Å². The summed E-state index contributed by atoms with van der Waals surface area (Å²) >= 11 is 0. The largest absolute Gasteiger partial charge is 0.390 e. The Morgan fingerprint density at radius 2 is 2.21 bits per heavy atom. The number of nitrogens with one attached hydrogen (secondary N) is 2. The fourth-order valence-corrected chi connectivity index (χ4v) is 3.68. The van der Waals surface area contributed by atoms with Gasteiger partial charge in [-0.15, -0.1) is 0 Å². The normalized spacial score (nSPS) is 22.2. The lowest BCUT2D eigenvalue weighted by atomic mass is 10.0. The molecule has 0 bridgehead atoms. The first-order chi connectivity index (χ1) is 13.6. The van der Waals surface area contributed by atoms with Crippen LogP contribution >= 0.6 is 0 Å². The van der Waals surface area contributed by atoms with E-state index in [9.17, 15) is 9.50 Å². The minimum absolute atomic E-state index is 0.374. The molecule has 1 fully saturated rings. The van der Waals surface area contributed by atoms with Gasteiger partial charge >= 0.3 is 0 Å². The highest BCUT2D eigenvalue weighted by molar-refractivity contribution is 5.66. The third-order valence-corrected chi connectivity index (χ3v) is 5.15. The van der Waals surface area contributed by atoms with Crippen LogP contribution < -0.4 is 5.32 Å². The minimum Gasteiger partial charge on any atom is -0.390 e. The van der Waals surface area contributed by atoms with Crippen LogP contribution in [0.2, 0.25) is 0 Å². The van der Waals surface area contributed by atoms with Crippen LogP contribution in [-0.4, -0.2) is 51.7 Å². The smallest absolute Gasteiger partial charge is 0.214 e. The van der Waals surface area contributed by atoms with Gasteiger partial charge in [0.05, 0.1) is 18.0 Å². The Kier molecular flexibility index (Phi) is 3.86. The fraction of sp³-hybridized carbons (Fsp3) is 0.333. The first-order valence-electron chi connectivity index (χ1n) is 9.06. The Morgan fingerprint density at radius 1 is 1.32 bits per heavy atom. The number of H-pyrrole nitrogens is 1. The Morgan fingerprint density at radius 3 is 2.96 bits per heavy atom. The molecule has 4 aromatic heterocycles. The molecule has 0 aromatic carbocycles. The summed E-state index contributed by atoms with van der Waals surface area (Å²) < 4.78 is 17.7. The average Bonchev–Trinajstić information content (AvgIpc) is 3.45. The number of hydrogen-bond donors (Lipinski definition) is 3. The molecule has 144 valence electrons. The van der Waals surface area contributed by atoms with Gasteiger partial charge in [0.15, 0.2) is 5.82 Å². The molecule has 0 spiro atoms. The van der Waals surface area contributed by atoms with Gasteiger partial charge in [-0.3, -0.25) is 14.2 Å². The van der Waals surface area contributed by atoms with Gasteiger partial charge in [-0.2, -0.15) is 10.2 Å². The van der Waals surface area contributed by atoms with Gasteiger partial charge in [-0.1, -0.05) is 0 Å². The molecule has 3 N–H and O–H groups in total. The summed E-state index contributed by atoms with van der Waals surface area (Å²) in [6.07, 6.45) is 5.97. The van der Waals surface area contributed by atoms with Crippen LogP contribution in [0.25, 0.3) is 16.9 Å². The highest BCUT2D eigenvalue weighted by atomic mass is 19.1. The Balaban J connectivity index is 1.48. The minimum atomic E-state index is -1.28.